The summed E-state index contributed by atoms with van der Waals surface area (Å²) in [7, 11) is 0. The normalized spacial score (nSPS) is 23.2. The predicted octanol–water partition coefficient (Wildman–Crippen LogP) is 5.81. The van der Waals surface area contributed by atoms with Gasteiger partial charge in [-0.15, -0.1) is 23.5 Å². The Bertz CT molecular complexity index is 624. The Morgan fingerprint density at radius 1 is 1.20 bits per heavy atom. The molecule has 0 radical (unpaired) electrons. The maximum absolute atomic E-state index is 4.19. The molecule has 3 rings (SSSR count). The average molecular weight is 375 g/mol. The highest BCUT2D eigenvalue weighted by Gasteiger charge is 2.39. The van der Waals surface area contributed by atoms with Gasteiger partial charge < -0.3 is 4.57 Å². The first kappa shape index (κ1) is 18.9. The van der Waals surface area contributed by atoms with E-state index in [4.69, 9.17) is 0 Å². The Morgan fingerprint density at radius 2 is 2.00 bits per heavy atom. The number of nitrogens with zero attached hydrogens (tertiary/aromatic N) is 2. The molecule has 1 fully saturated rings. The van der Waals surface area contributed by atoms with E-state index < -0.39 is 0 Å². The van der Waals surface area contributed by atoms with Gasteiger partial charge in [0, 0.05) is 29.9 Å². The van der Waals surface area contributed by atoms with Crippen LogP contribution < -0.4 is 0 Å². The van der Waals surface area contributed by atoms with E-state index in [-0.39, 0.29) is 0 Å². The highest BCUT2D eigenvalue weighted by Crippen LogP contribution is 2.53. The van der Waals surface area contributed by atoms with Crippen LogP contribution >= 0.6 is 23.5 Å². The van der Waals surface area contributed by atoms with E-state index in [0.717, 1.165) is 11.8 Å². The molecule has 1 saturated heterocycles. The number of aryl methyl sites for hydroxylation is 2. The summed E-state index contributed by atoms with van der Waals surface area (Å²) >= 11 is 4.41. The fourth-order valence-corrected chi connectivity index (χ4v) is 7.19. The molecule has 1 aliphatic rings. The fraction of sp³-hybridized carbons (Fsp3) is 0.571. The van der Waals surface area contributed by atoms with Crippen LogP contribution in [0.25, 0.3) is 0 Å². The lowest BCUT2D eigenvalue weighted by molar-refractivity contribution is 0.597. The zero-order valence-electron chi connectivity index (χ0n) is 15.5. The van der Waals surface area contributed by atoms with Crippen molar-refractivity contribution in [2.45, 2.75) is 68.2 Å². The van der Waals surface area contributed by atoms with Gasteiger partial charge in [-0.25, -0.2) is 4.98 Å². The van der Waals surface area contributed by atoms with Crippen LogP contribution in [0, 0.1) is 0 Å². The van der Waals surface area contributed by atoms with Crippen LogP contribution in [-0.4, -0.2) is 24.6 Å². The van der Waals surface area contributed by atoms with Crippen molar-refractivity contribution in [3.8, 4) is 0 Å². The second-order valence-electron chi connectivity index (χ2n) is 7.02. The third kappa shape index (κ3) is 5.30. The van der Waals surface area contributed by atoms with Crippen LogP contribution in [0.15, 0.2) is 43.0 Å². The molecule has 2 aromatic rings. The molecule has 0 amide bonds. The summed E-state index contributed by atoms with van der Waals surface area (Å²) < 4.78 is 2.53. The molecular weight excluding hydrogens is 344 g/mol. The van der Waals surface area contributed by atoms with Crippen molar-refractivity contribution in [3.05, 3.63) is 54.1 Å². The minimum absolute atomic E-state index is 0.315. The lowest BCUT2D eigenvalue weighted by Gasteiger charge is -2.28. The number of benzene rings is 1. The quantitative estimate of drug-likeness (QED) is 0.551. The van der Waals surface area contributed by atoms with Crippen LogP contribution in [0.1, 0.15) is 50.7 Å². The van der Waals surface area contributed by atoms with Gasteiger partial charge in [-0.1, -0.05) is 44.5 Å². The summed E-state index contributed by atoms with van der Waals surface area (Å²) in [6.07, 6.45) is 13.3. The molecule has 4 heteroatoms. The van der Waals surface area contributed by atoms with E-state index in [2.05, 4.69) is 77.4 Å². The number of hydrogen-bond donors (Lipinski definition) is 0. The lowest BCUT2D eigenvalue weighted by atomic mass is 10.0. The molecule has 136 valence electrons. The van der Waals surface area contributed by atoms with E-state index in [9.17, 15) is 0 Å². The molecule has 2 heterocycles. The van der Waals surface area contributed by atoms with Crippen molar-refractivity contribution in [2.24, 2.45) is 0 Å². The molecule has 0 N–H and O–H groups in total. The standard InChI is InChI=1S/C21H30N2S2/c1-3-5-6-18-7-9-19(10-8-18)15-21(24-16-20(4-2)25-21)11-13-23-14-12-22-17-23/h7-10,12,14,17,20H,3-6,11,13,15-16H2,1-2H3. The molecule has 2 atom stereocenters. The Hall–Kier alpha value is -0.870. The summed E-state index contributed by atoms with van der Waals surface area (Å²) in [4.78, 5) is 4.19. The molecule has 1 aliphatic heterocycles. The fourth-order valence-electron chi connectivity index (χ4n) is 3.36. The summed E-state index contributed by atoms with van der Waals surface area (Å²) in [5, 5.41) is 0.802. The first-order valence-corrected chi connectivity index (χ1v) is 11.4. The van der Waals surface area contributed by atoms with Gasteiger partial charge in [-0.05, 0) is 43.2 Å². The van der Waals surface area contributed by atoms with Crippen LogP contribution in [-0.2, 0) is 19.4 Å². The van der Waals surface area contributed by atoms with Gasteiger partial charge in [0.2, 0.25) is 0 Å². The third-order valence-corrected chi connectivity index (χ3v) is 8.90. The average Bonchev–Trinajstić information content (AvgIpc) is 3.30. The van der Waals surface area contributed by atoms with Gasteiger partial charge in [-0.3, -0.25) is 0 Å². The molecule has 25 heavy (non-hydrogen) atoms. The minimum atomic E-state index is 0.315. The van der Waals surface area contributed by atoms with Gasteiger partial charge in [-0.2, -0.15) is 0 Å². The van der Waals surface area contributed by atoms with Crippen molar-refractivity contribution in [1.82, 2.24) is 9.55 Å². The van der Waals surface area contributed by atoms with Gasteiger partial charge >= 0.3 is 0 Å². The monoisotopic (exact) mass is 374 g/mol. The zero-order valence-corrected chi connectivity index (χ0v) is 17.1. The van der Waals surface area contributed by atoms with Crippen LogP contribution in [0.2, 0.25) is 0 Å². The number of thioether (sulfide) groups is 2. The number of rotatable bonds is 9. The van der Waals surface area contributed by atoms with E-state index in [1.165, 1.54) is 55.4 Å². The minimum Gasteiger partial charge on any atom is -0.337 e. The second-order valence-corrected chi connectivity index (χ2v) is 10.4. The molecular formula is C21H30N2S2. The maximum Gasteiger partial charge on any atom is 0.0945 e. The van der Waals surface area contributed by atoms with Crippen LogP contribution in [0.4, 0.5) is 0 Å². The van der Waals surface area contributed by atoms with E-state index in [0.29, 0.717) is 4.08 Å². The van der Waals surface area contributed by atoms with Crippen molar-refractivity contribution in [1.29, 1.82) is 0 Å². The SMILES string of the molecule is CCCCc1ccc(CC2(CCn3ccnc3)SCC(CC)S2)cc1. The highest BCUT2D eigenvalue weighted by atomic mass is 32.2. The molecule has 2 nitrogen and oxygen atoms in total. The third-order valence-electron chi connectivity index (χ3n) is 4.99. The van der Waals surface area contributed by atoms with Gasteiger partial charge in [0.05, 0.1) is 10.4 Å². The van der Waals surface area contributed by atoms with Crippen molar-refractivity contribution >= 4 is 23.5 Å². The maximum atomic E-state index is 4.19. The Labute approximate surface area is 161 Å². The summed E-state index contributed by atoms with van der Waals surface area (Å²) in [6, 6.07) is 9.42. The van der Waals surface area contributed by atoms with Crippen LogP contribution in [0.3, 0.4) is 0 Å². The molecule has 0 bridgehead atoms. The Kier molecular flexibility index (Phi) is 6.94. The Morgan fingerprint density at radius 3 is 2.64 bits per heavy atom. The van der Waals surface area contributed by atoms with Crippen molar-refractivity contribution < 1.29 is 0 Å². The van der Waals surface area contributed by atoms with Crippen molar-refractivity contribution in [2.75, 3.05) is 5.75 Å². The number of aromatic nitrogens is 2. The smallest absolute Gasteiger partial charge is 0.0945 e. The predicted molar refractivity (Wildman–Crippen MR) is 112 cm³/mol. The van der Waals surface area contributed by atoms with Crippen LogP contribution in [0.5, 0.6) is 0 Å². The lowest BCUT2D eigenvalue weighted by Crippen LogP contribution is -2.23. The molecule has 0 aliphatic carbocycles. The molecule has 0 spiro atoms. The summed E-state index contributed by atoms with van der Waals surface area (Å²) in [5.74, 6) is 1.29. The second kappa shape index (κ2) is 9.18. The largest absolute Gasteiger partial charge is 0.337 e. The number of imidazole rings is 1. The molecule has 1 aromatic heterocycles. The highest BCUT2D eigenvalue weighted by molar-refractivity contribution is 8.21. The first-order valence-electron chi connectivity index (χ1n) is 9.58. The topological polar surface area (TPSA) is 17.8 Å². The summed E-state index contributed by atoms with van der Waals surface area (Å²) in [6.45, 7) is 5.65. The van der Waals surface area contributed by atoms with E-state index >= 15 is 0 Å². The van der Waals surface area contributed by atoms with Gasteiger partial charge in [0.1, 0.15) is 0 Å². The summed E-state index contributed by atoms with van der Waals surface area (Å²) in [5.41, 5.74) is 2.97. The van der Waals surface area contributed by atoms with E-state index in [1.54, 1.807) is 0 Å². The number of unbranched alkanes of at least 4 members (excludes halogenated alkanes) is 1. The molecule has 0 saturated carbocycles. The molecule has 2 unspecified atom stereocenters. The van der Waals surface area contributed by atoms with Crippen molar-refractivity contribution in [3.63, 3.8) is 0 Å². The first-order chi connectivity index (χ1) is 12.2. The van der Waals surface area contributed by atoms with E-state index in [1.807, 2.05) is 12.5 Å². The Balaban J connectivity index is 1.66. The zero-order chi connectivity index (χ0) is 17.5. The number of hydrogen-bond acceptors (Lipinski definition) is 3. The molecule has 1 aromatic carbocycles. The van der Waals surface area contributed by atoms with Gasteiger partial charge in [0.15, 0.2) is 0 Å². The van der Waals surface area contributed by atoms with Gasteiger partial charge in [0.25, 0.3) is 0 Å².